The first kappa shape index (κ1) is 73.4. The van der Waals surface area contributed by atoms with Crippen LogP contribution in [0, 0.1) is 27.7 Å². The number of fused-ring (bicyclic) bond motifs is 14. The number of aryl methyl sites for hydroxylation is 4. The third-order valence-electron chi connectivity index (χ3n) is 23.9. The molecule has 13 aromatic carbocycles. The Balaban J connectivity index is 0.000000107. The average Bonchev–Trinajstić information content (AvgIpc) is 1.07. The molecule has 0 fully saturated rings. The van der Waals surface area contributed by atoms with Crippen LogP contribution in [0.25, 0.3) is 87.8 Å². The van der Waals surface area contributed by atoms with Crippen LogP contribution in [0.1, 0.15) is 114 Å². The van der Waals surface area contributed by atoms with Crippen LogP contribution in [0.3, 0.4) is 0 Å². The van der Waals surface area contributed by atoms with Gasteiger partial charge in [0.15, 0.2) is 22.3 Å². The molecule has 17 aromatic rings. The Morgan fingerprint density at radius 3 is 0.948 bits per heavy atom. The van der Waals surface area contributed by atoms with E-state index >= 15 is 0 Å². The maximum atomic E-state index is 6.42. The third kappa shape index (κ3) is 12.5. The highest BCUT2D eigenvalue weighted by atomic mass is 16.3. The fourth-order valence-electron chi connectivity index (χ4n) is 18.4. The fraction of sp³-hybridized carbons (Fsp3) is 0.204. The van der Waals surface area contributed by atoms with Gasteiger partial charge in [0.05, 0.1) is 45.5 Å². The van der Waals surface area contributed by atoms with Crippen LogP contribution in [-0.2, 0) is 0 Å². The predicted octanol–water partition coefficient (Wildman–Crippen LogP) is 28.5. The van der Waals surface area contributed by atoms with Gasteiger partial charge in [0, 0.05) is 91.0 Å². The molecule has 12 nitrogen and oxygen atoms in total. The van der Waals surface area contributed by atoms with Crippen LogP contribution < -0.4 is 39.2 Å². The first-order valence-electron chi connectivity index (χ1n) is 40.6. The van der Waals surface area contributed by atoms with Gasteiger partial charge < -0.3 is 56.9 Å². The van der Waals surface area contributed by atoms with Crippen molar-refractivity contribution in [3.8, 4) is 0 Å². The third-order valence-corrected chi connectivity index (χ3v) is 23.9. The van der Waals surface area contributed by atoms with Gasteiger partial charge in [-0.3, -0.25) is 0 Å². The molecule has 4 aromatic heterocycles. The number of nitrogens with zero attached hydrogens (tertiary/aromatic N) is 8. The summed E-state index contributed by atoms with van der Waals surface area (Å²) in [6.45, 7) is 31.3. The molecule has 0 amide bonds. The van der Waals surface area contributed by atoms with Gasteiger partial charge in [-0.05, 0) is 187 Å². The zero-order chi connectivity index (χ0) is 79.2. The molecule has 0 N–H and O–H groups in total. The zero-order valence-corrected chi connectivity index (χ0v) is 68.0. The average molecular weight is 1510 g/mol. The second-order valence-corrected chi connectivity index (χ2v) is 31.9. The maximum absolute atomic E-state index is 6.42. The van der Waals surface area contributed by atoms with Crippen LogP contribution in [0.5, 0.6) is 0 Å². The molecule has 0 aliphatic carbocycles. The lowest BCUT2D eigenvalue weighted by atomic mass is 9.92. The molecule has 0 unspecified atom stereocenters. The maximum Gasteiger partial charge on any atom is 0.159 e. The summed E-state index contributed by atoms with van der Waals surface area (Å²) in [4.78, 5) is 19.1. The van der Waals surface area contributed by atoms with E-state index < -0.39 is 0 Å². The molecule has 0 spiro atoms. The van der Waals surface area contributed by atoms with Crippen molar-refractivity contribution >= 4 is 150 Å². The molecular formula is C103H98N8O4. The highest BCUT2D eigenvalue weighted by molar-refractivity contribution is 6.14. The minimum atomic E-state index is 0.113. The SMILES string of the molecule is Cc1ccc2c(oc3ccccc32)c1N1C=CN(c2c(C(C)C)cccc2C(C)C)[C@@H]1C.Cc1ccc2c(oc3ccccc32)c1N1C=CN(c2ccccc2)[C@@H]1C.Cc1ccc2c(oc3ccccc32)c1N1c2ccccc2N(C(C)C)[C@@H]1C.Cc1ccc2c(oc3ccccc32)c1N1c2ccccc2N(c2ccccc2)[C@@H]1C. The summed E-state index contributed by atoms with van der Waals surface area (Å²) in [7, 11) is 0. The van der Waals surface area contributed by atoms with Crippen LogP contribution in [0.15, 0.2) is 315 Å². The zero-order valence-electron chi connectivity index (χ0n) is 68.0. The van der Waals surface area contributed by atoms with Crippen molar-refractivity contribution in [2.75, 3.05) is 39.2 Å². The number of rotatable bonds is 10. The summed E-state index contributed by atoms with van der Waals surface area (Å²) in [5.41, 5.74) is 28.5. The van der Waals surface area contributed by atoms with E-state index in [9.17, 15) is 0 Å². The van der Waals surface area contributed by atoms with Gasteiger partial charge in [-0.2, -0.15) is 0 Å². The normalized spacial score (nSPS) is 16.5. The summed E-state index contributed by atoms with van der Waals surface area (Å²) in [6.07, 6.45) is 9.38. The highest BCUT2D eigenvalue weighted by Gasteiger charge is 2.40. The Labute approximate surface area is 673 Å². The van der Waals surface area contributed by atoms with Gasteiger partial charge in [0.2, 0.25) is 0 Å². The van der Waals surface area contributed by atoms with Gasteiger partial charge in [0.1, 0.15) is 47.0 Å². The molecular weight excluding hydrogens is 1410 g/mol. The van der Waals surface area contributed by atoms with Gasteiger partial charge in [-0.1, -0.05) is 228 Å². The summed E-state index contributed by atoms with van der Waals surface area (Å²) in [6, 6.07) is 96.2. The van der Waals surface area contributed by atoms with Crippen LogP contribution in [0.4, 0.5) is 62.6 Å². The Hall–Kier alpha value is -13.1. The number of anilines is 11. The first-order valence-corrected chi connectivity index (χ1v) is 40.6. The van der Waals surface area contributed by atoms with E-state index in [1.54, 1.807) is 0 Å². The van der Waals surface area contributed by atoms with E-state index in [4.69, 9.17) is 17.7 Å². The molecule has 8 heterocycles. The van der Waals surface area contributed by atoms with Gasteiger partial charge in [-0.15, -0.1) is 0 Å². The first-order chi connectivity index (χ1) is 55.9. The number of hydrogen-bond acceptors (Lipinski definition) is 12. The van der Waals surface area contributed by atoms with E-state index in [2.05, 4.69) is 391 Å². The minimum absolute atomic E-state index is 0.113. The summed E-state index contributed by atoms with van der Waals surface area (Å²) < 4.78 is 25.5. The molecule has 4 aliphatic rings. The van der Waals surface area contributed by atoms with Gasteiger partial charge >= 0.3 is 0 Å². The van der Waals surface area contributed by atoms with Crippen molar-refractivity contribution in [2.45, 2.75) is 139 Å². The Morgan fingerprint density at radius 2 is 0.548 bits per heavy atom. The lowest BCUT2D eigenvalue weighted by Gasteiger charge is -2.34. The largest absolute Gasteiger partial charge is 0.454 e. The van der Waals surface area contributed by atoms with E-state index in [0.29, 0.717) is 17.9 Å². The van der Waals surface area contributed by atoms with Crippen molar-refractivity contribution in [2.24, 2.45) is 0 Å². The Morgan fingerprint density at radius 1 is 0.243 bits per heavy atom. The summed E-state index contributed by atoms with van der Waals surface area (Å²) >= 11 is 0. The Bertz CT molecular complexity index is 6560. The van der Waals surface area contributed by atoms with E-state index in [-0.39, 0.29) is 24.7 Å². The highest BCUT2D eigenvalue weighted by Crippen LogP contribution is 2.53. The molecule has 0 saturated carbocycles. The smallest absolute Gasteiger partial charge is 0.159 e. The van der Waals surface area contributed by atoms with Crippen molar-refractivity contribution in [3.05, 3.63) is 331 Å². The lowest BCUT2D eigenvalue weighted by molar-refractivity contribution is 0.603. The molecule has 115 heavy (non-hydrogen) atoms. The van der Waals surface area contributed by atoms with E-state index in [1.165, 1.54) is 111 Å². The lowest BCUT2D eigenvalue weighted by Crippen LogP contribution is -2.42. The summed E-state index contributed by atoms with van der Waals surface area (Å²) in [5.74, 6) is 0.915. The topological polar surface area (TPSA) is 78.5 Å². The van der Waals surface area contributed by atoms with Crippen molar-refractivity contribution in [1.29, 1.82) is 0 Å². The molecule has 12 heteroatoms. The molecule has 4 atom stereocenters. The van der Waals surface area contributed by atoms with Crippen molar-refractivity contribution in [1.82, 2.24) is 0 Å². The second-order valence-electron chi connectivity index (χ2n) is 31.9. The van der Waals surface area contributed by atoms with Crippen LogP contribution in [0.2, 0.25) is 0 Å². The summed E-state index contributed by atoms with van der Waals surface area (Å²) in [5, 5.41) is 9.35. The van der Waals surface area contributed by atoms with Crippen molar-refractivity contribution in [3.63, 3.8) is 0 Å². The fourth-order valence-corrected chi connectivity index (χ4v) is 18.4. The molecule has 21 rings (SSSR count). The monoisotopic (exact) mass is 1510 g/mol. The number of furan rings is 4. The second kappa shape index (κ2) is 29.8. The molecule has 0 radical (unpaired) electrons. The van der Waals surface area contributed by atoms with Gasteiger partial charge in [0.25, 0.3) is 0 Å². The minimum Gasteiger partial charge on any atom is -0.454 e. The quantitative estimate of drug-likeness (QED) is 0.131. The van der Waals surface area contributed by atoms with Gasteiger partial charge in [-0.25, -0.2) is 0 Å². The molecule has 574 valence electrons. The predicted molar refractivity (Wildman–Crippen MR) is 484 cm³/mol. The van der Waals surface area contributed by atoms with Crippen molar-refractivity contribution < 1.29 is 17.7 Å². The molecule has 4 aliphatic heterocycles. The van der Waals surface area contributed by atoms with E-state index in [1.807, 2.05) is 42.5 Å². The van der Waals surface area contributed by atoms with Crippen LogP contribution >= 0.6 is 0 Å². The standard InChI is InChI=1S/C29H32N2O.C27H22N2O.C24H24N2O.C23H20N2O/c1-18(2)22-11-9-12-23(19(3)4)28(22)31-17-16-30(21(31)6)27-20(5)14-15-25-24-10-7-8-13-26(24)32-29(25)27;1-18-16-17-22-21-12-6-9-15-25(21)30-27(22)26(18)29-19(2)28(20-10-4-3-5-11-20)23-13-7-8-14-24(23)29;1-15(2)25-17(4)26(21-11-7-6-10-20(21)25)23-16(3)13-14-19-18-9-5-8-12-22(18)27-24(19)23;1-16-12-13-20-19-10-6-7-11-21(19)26-23(20)22(16)25-15-14-24(17(25)2)18-8-4-3-5-9-18/h7-19,21H,1-6H3;3-17,19H,1-2H3;5-15,17H,1-4H3;3-15,17H,1-2H3/t21-;19-;2*17-/m1000/s1. The molecule has 0 bridgehead atoms. The molecule has 0 saturated heterocycles. The van der Waals surface area contributed by atoms with E-state index in [0.717, 1.165) is 72.5 Å². The Kier molecular flexibility index (Phi) is 19.0. The van der Waals surface area contributed by atoms with Crippen LogP contribution in [-0.4, -0.2) is 30.7 Å². The number of benzene rings is 13. The number of hydrogen-bond donors (Lipinski definition) is 0. The number of para-hydroxylation sites is 11.